The summed E-state index contributed by atoms with van der Waals surface area (Å²) >= 11 is 1.13. The van der Waals surface area contributed by atoms with Crippen molar-refractivity contribution in [1.82, 2.24) is 4.90 Å². The van der Waals surface area contributed by atoms with E-state index in [1.54, 1.807) is 24.0 Å². The van der Waals surface area contributed by atoms with Crippen LogP contribution in [0.15, 0.2) is 30.3 Å². The SMILES string of the molecule is Cc1sc(C(=O)N2CCN(c3cccc([N+](=O)[O-])c3)CC2)cc1[N+](=O)[O-]. The lowest BCUT2D eigenvalue weighted by Gasteiger charge is -2.35. The predicted molar refractivity (Wildman–Crippen MR) is 96.9 cm³/mol. The van der Waals surface area contributed by atoms with Crippen LogP contribution in [-0.4, -0.2) is 46.8 Å². The number of rotatable bonds is 4. The Morgan fingerprint density at radius 3 is 2.35 bits per heavy atom. The lowest BCUT2D eigenvalue weighted by atomic mass is 10.2. The fourth-order valence-electron chi connectivity index (χ4n) is 2.89. The molecule has 1 aromatic heterocycles. The van der Waals surface area contributed by atoms with E-state index in [4.69, 9.17) is 0 Å². The van der Waals surface area contributed by atoms with Gasteiger partial charge in [-0.1, -0.05) is 6.07 Å². The number of carbonyl (C=O) groups excluding carboxylic acids is 1. The molecule has 1 aliphatic heterocycles. The molecule has 0 radical (unpaired) electrons. The summed E-state index contributed by atoms with van der Waals surface area (Å²) in [4.78, 5) is 38.0. The number of anilines is 1. The number of hydrogen-bond donors (Lipinski definition) is 0. The molecule has 1 aromatic carbocycles. The van der Waals surface area contributed by atoms with Gasteiger partial charge in [0.25, 0.3) is 17.3 Å². The second kappa shape index (κ2) is 7.08. The summed E-state index contributed by atoms with van der Waals surface area (Å²) in [5.74, 6) is -0.218. The summed E-state index contributed by atoms with van der Waals surface area (Å²) in [7, 11) is 0. The number of non-ortho nitro benzene ring substituents is 1. The van der Waals surface area contributed by atoms with Gasteiger partial charge in [0.1, 0.15) is 0 Å². The molecule has 0 bridgehead atoms. The first-order valence-electron chi connectivity index (χ1n) is 7.90. The highest BCUT2D eigenvalue weighted by Gasteiger charge is 2.26. The van der Waals surface area contributed by atoms with Crippen LogP contribution >= 0.6 is 11.3 Å². The Bertz CT molecular complexity index is 873. The van der Waals surface area contributed by atoms with Gasteiger partial charge in [-0.2, -0.15) is 0 Å². The fraction of sp³-hybridized carbons (Fsp3) is 0.312. The van der Waals surface area contributed by atoms with Gasteiger partial charge in [0, 0.05) is 50.1 Å². The van der Waals surface area contributed by atoms with Gasteiger partial charge < -0.3 is 9.80 Å². The maximum absolute atomic E-state index is 12.6. The number of nitro groups is 2. The smallest absolute Gasteiger partial charge is 0.283 e. The van der Waals surface area contributed by atoms with Crippen LogP contribution in [0.5, 0.6) is 0 Å². The molecule has 0 spiro atoms. The average Bonchev–Trinajstić information content (AvgIpc) is 3.03. The van der Waals surface area contributed by atoms with Crippen LogP contribution in [-0.2, 0) is 0 Å². The molecular formula is C16H16N4O5S. The monoisotopic (exact) mass is 376 g/mol. The number of amides is 1. The molecule has 26 heavy (non-hydrogen) atoms. The van der Waals surface area contributed by atoms with Crippen molar-refractivity contribution in [3.8, 4) is 0 Å². The van der Waals surface area contributed by atoms with Gasteiger partial charge in [-0.05, 0) is 13.0 Å². The number of nitro benzene ring substituents is 1. The maximum atomic E-state index is 12.6. The molecule has 2 aromatic rings. The number of hydrogen-bond acceptors (Lipinski definition) is 7. The van der Waals surface area contributed by atoms with E-state index in [1.165, 1.54) is 18.2 Å². The molecule has 0 N–H and O–H groups in total. The second-order valence-corrected chi connectivity index (χ2v) is 7.12. The zero-order chi connectivity index (χ0) is 18.8. The lowest BCUT2D eigenvalue weighted by Crippen LogP contribution is -2.48. The molecule has 9 nitrogen and oxygen atoms in total. The predicted octanol–water partition coefficient (Wildman–Crippen LogP) is 2.84. The van der Waals surface area contributed by atoms with E-state index in [9.17, 15) is 25.0 Å². The van der Waals surface area contributed by atoms with E-state index < -0.39 is 9.85 Å². The molecule has 1 amide bonds. The van der Waals surface area contributed by atoms with Crippen molar-refractivity contribution in [2.45, 2.75) is 6.92 Å². The summed E-state index contributed by atoms with van der Waals surface area (Å²) in [5, 5.41) is 21.8. The van der Waals surface area contributed by atoms with E-state index in [0.29, 0.717) is 35.9 Å². The van der Waals surface area contributed by atoms with Gasteiger partial charge in [0.05, 0.1) is 19.6 Å². The summed E-state index contributed by atoms with van der Waals surface area (Å²) in [6.45, 7) is 3.61. The van der Waals surface area contributed by atoms with Crippen LogP contribution in [0.1, 0.15) is 14.5 Å². The molecule has 2 heterocycles. The Hall–Kier alpha value is -3.01. The number of aryl methyl sites for hydroxylation is 1. The van der Waals surface area contributed by atoms with E-state index in [0.717, 1.165) is 17.0 Å². The molecule has 0 aliphatic carbocycles. The lowest BCUT2D eigenvalue weighted by molar-refractivity contribution is -0.385. The minimum atomic E-state index is -0.483. The summed E-state index contributed by atoms with van der Waals surface area (Å²) in [5.41, 5.74) is 0.741. The number of benzene rings is 1. The van der Waals surface area contributed by atoms with E-state index in [-0.39, 0.29) is 17.3 Å². The van der Waals surface area contributed by atoms with Crippen LogP contribution < -0.4 is 4.90 Å². The molecule has 136 valence electrons. The first-order chi connectivity index (χ1) is 12.4. The third-order valence-corrected chi connectivity index (χ3v) is 5.30. The Morgan fingerprint density at radius 1 is 1.08 bits per heavy atom. The highest BCUT2D eigenvalue weighted by Crippen LogP contribution is 2.29. The van der Waals surface area contributed by atoms with E-state index in [1.807, 2.05) is 4.90 Å². The molecular weight excluding hydrogens is 360 g/mol. The molecule has 0 unspecified atom stereocenters. The number of thiophene rings is 1. The summed E-state index contributed by atoms with van der Waals surface area (Å²) in [6, 6.07) is 7.73. The second-order valence-electron chi connectivity index (χ2n) is 5.87. The number of piperazine rings is 1. The first-order valence-corrected chi connectivity index (χ1v) is 8.72. The van der Waals surface area contributed by atoms with Crippen LogP contribution in [0.25, 0.3) is 0 Å². The van der Waals surface area contributed by atoms with Gasteiger partial charge in [-0.25, -0.2) is 0 Å². The summed E-state index contributed by atoms with van der Waals surface area (Å²) < 4.78 is 0. The molecule has 0 saturated carbocycles. The Labute approximate surface area is 152 Å². The van der Waals surface area contributed by atoms with Crippen LogP contribution in [0.2, 0.25) is 0 Å². The Balaban J connectivity index is 1.67. The van der Waals surface area contributed by atoms with Crippen molar-refractivity contribution < 1.29 is 14.6 Å². The third kappa shape index (κ3) is 3.49. The largest absolute Gasteiger partial charge is 0.368 e. The van der Waals surface area contributed by atoms with Gasteiger partial charge in [0.15, 0.2) is 0 Å². The zero-order valence-corrected chi connectivity index (χ0v) is 14.8. The topological polar surface area (TPSA) is 110 Å². The zero-order valence-electron chi connectivity index (χ0n) is 14.0. The van der Waals surface area contributed by atoms with Crippen molar-refractivity contribution in [1.29, 1.82) is 0 Å². The third-order valence-electron chi connectivity index (χ3n) is 4.27. The van der Waals surface area contributed by atoms with Crippen LogP contribution in [0, 0.1) is 27.2 Å². The van der Waals surface area contributed by atoms with Gasteiger partial charge >= 0.3 is 0 Å². The van der Waals surface area contributed by atoms with Crippen molar-refractivity contribution in [3.63, 3.8) is 0 Å². The molecule has 1 saturated heterocycles. The quantitative estimate of drug-likeness (QED) is 0.599. The first kappa shape index (κ1) is 17.8. The van der Waals surface area contributed by atoms with Crippen molar-refractivity contribution in [2.24, 2.45) is 0 Å². The molecule has 1 fully saturated rings. The van der Waals surface area contributed by atoms with Gasteiger partial charge in [0.2, 0.25) is 0 Å². The number of carbonyl (C=O) groups is 1. The highest BCUT2D eigenvalue weighted by molar-refractivity contribution is 7.14. The van der Waals surface area contributed by atoms with Crippen molar-refractivity contribution >= 4 is 34.3 Å². The van der Waals surface area contributed by atoms with Gasteiger partial charge in [-0.3, -0.25) is 25.0 Å². The average molecular weight is 376 g/mol. The highest BCUT2D eigenvalue weighted by atomic mass is 32.1. The van der Waals surface area contributed by atoms with E-state index >= 15 is 0 Å². The minimum absolute atomic E-state index is 0.0300. The standard InChI is InChI=1S/C16H16N4O5S/c1-11-14(20(24)25)10-15(26-11)16(21)18-7-5-17(6-8-18)12-3-2-4-13(9-12)19(22)23/h2-4,9-10H,5-8H2,1H3. The summed E-state index contributed by atoms with van der Waals surface area (Å²) in [6.07, 6.45) is 0. The van der Waals surface area contributed by atoms with Crippen LogP contribution in [0.3, 0.4) is 0 Å². The van der Waals surface area contributed by atoms with E-state index in [2.05, 4.69) is 0 Å². The maximum Gasteiger partial charge on any atom is 0.283 e. The van der Waals surface area contributed by atoms with Crippen molar-refractivity contribution in [2.75, 3.05) is 31.1 Å². The van der Waals surface area contributed by atoms with Gasteiger partial charge in [-0.15, -0.1) is 11.3 Å². The normalized spacial score (nSPS) is 14.3. The molecule has 10 heteroatoms. The van der Waals surface area contributed by atoms with Crippen LogP contribution in [0.4, 0.5) is 17.1 Å². The Morgan fingerprint density at radius 2 is 1.77 bits per heavy atom. The van der Waals surface area contributed by atoms with Crippen molar-refractivity contribution in [3.05, 3.63) is 60.3 Å². The molecule has 0 atom stereocenters. The fourth-order valence-corrected chi connectivity index (χ4v) is 3.84. The molecule has 1 aliphatic rings. The number of nitrogens with zero attached hydrogens (tertiary/aromatic N) is 4. The minimum Gasteiger partial charge on any atom is -0.368 e. The molecule has 3 rings (SSSR count). The Kier molecular flexibility index (Phi) is 4.85.